The van der Waals surface area contributed by atoms with Gasteiger partial charge in [0, 0.05) is 6.07 Å². The second kappa shape index (κ2) is 8.80. The molecule has 0 aromatic heterocycles. The first-order chi connectivity index (χ1) is 14.5. The molecule has 0 saturated heterocycles. The zero-order valence-corrected chi connectivity index (χ0v) is 18.1. The van der Waals surface area contributed by atoms with Gasteiger partial charge in [0.2, 0.25) is 9.84 Å². The van der Waals surface area contributed by atoms with Gasteiger partial charge in [0.15, 0.2) is 0 Å². The molecule has 0 saturated carbocycles. The average molecular weight is 471 g/mol. The molecular formula is C22H18ClF3O4S. The summed E-state index contributed by atoms with van der Waals surface area (Å²) in [6.45, 7) is 3.74. The van der Waals surface area contributed by atoms with Gasteiger partial charge in [0.1, 0.15) is 22.1 Å². The van der Waals surface area contributed by atoms with Crippen LogP contribution in [0.4, 0.5) is 13.2 Å². The van der Waals surface area contributed by atoms with Gasteiger partial charge in [-0.25, -0.2) is 8.42 Å². The van der Waals surface area contributed by atoms with Crippen molar-refractivity contribution in [3.05, 3.63) is 76.8 Å². The number of ether oxygens (including phenoxy) is 2. The SMILES string of the molecule is CCOc1cc(Oc2ccc(C(F)(F)F)cc2Cl)ccc1S(=O)(=O)c1ccc(C)cc1. The van der Waals surface area contributed by atoms with Crippen LogP contribution in [0.1, 0.15) is 18.1 Å². The lowest BCUT2D eigenvalue weighted by Gasteiger charge is -2.15. The van der Waals surface area contributed by atoms with E-state index >= 15 is 0 Å². The van der Waals surface area contributed by atoms with E-state index in [1.54, 1.807) is 19.1 Å². The molecule has 3 aromatic rings. The lowest BCUT2D eigenvalue weighted by molar-refractivity contribution is -0.137. The third-order valence-electron chi connectivity index (χ3n) is 4.32. The molecule has 0 aliphatic rings. The predicted molar refractivity (Wildman–Crippen MR) is 111 cm³/mol. The minimum absolute atomic E-state index is 0.00810. The minimum Gasteiger partial charge on any atom is -0.492 e. The Morgan fingerprint density at radius 1 is 0.935 bits per heavy atom. The van der Waals surface area contributed by atoms with Gasteiger partial charge in [0.25, 0.3) is 0 Å². The number of benzene rings is 3. The van der Waals surface area contributed by atoms with Crippen molar-refractivity contribution in [2.45, 2.75) is 29.8 Å². The molecule has 0 spiro atoms. The van der Waals surface area contributed by atoms with Crippen molar-refractivity contribution in [3.63, 3.8) is 0 Å². The van der Waals surface area contributed by atoms with Gasteiger partial charge >= 0.3 is 6.18 Å². The van der Waals surface area contributed by atoms with Crippen LogP contribution in [-0.4, -0.2) is 15.0 Å². The van der Waals surface area contributed by atoms with Gasteiger partial charge in [-0.3, -0.25) is 0 Å². The van der Waals surface area contributed by atoms with Crippen LogP contribution >= 0.6 is 11.6 Å². The standard InChI is InChI=1S/C22H18ClF3O4S/c1-3-29-20-13-16(30-19-10-6-15(12-18(19)23)22(24,25)26)7-11-21(20)31(27,28)17-8-4-14(2)5-9-17/h4-13H,3H2,1-2H3. The largest absolute Gasteiger partial charge is 0.492 e. The molecule has 0 N–H and O–H groups in total. The molecule has 4 nitrogen and oxygen atoms in total. The third kappa shape index (κ3) is 5.14. The summed E-state index contributed by atoms with van der Waals surface area (Å²) in [4.78, 5) is 0.0579. The van der Waals surface area contributed by atoms with Crippen molar-refractivity contribution in [1.82, 2.24) is 0 Å². The fourth-order valence-electron chi connectivity index (χ4n) is 2.77. The highest BCUT2D eigenvalue weighted by atomic mass is 35.5. The van der Waals surface area contributed by atoms with Crippen LogP contribution in [0.15, 0.2) is 70.5 Å². The van der Waals surface area contributed by atoms with E-state index in [0.29, 0.717) is 0 Å². The molecule has 3 aromatic carbocycles. The van der Waals surface area contributed by atoms with Gasteiger partial charge in [-0.15, -0.1) is 0 Å². The lowest BCUT2D eigenvalue weighted by atomic mass is 10.2. The minimum atomic E-state index is -4.53. The molecule has 9 heteroatoms. The van der Waals surface area contributed by atoms with Gasteiger partial charge in [-0.2, -0.15) is 13.2 Å². The molecule has 0 aliphatic carbocycles. The molecule has 0 unspecified atom stereocenters. The summed E-state index contributed by atoms with van der Waals surface area (Å²) in [5, 5.41) is -0.232. The normalized spacial score (nSPS) is 11.9. The first kappa shape index (κ1) is 23.0. The Morgan fingerprint density at radius 2 is 1.61 bits per heavy atom. The summed E-state index contributed by atoms with van der Waals surface area (Å²) >= 11 is 5.93. The van der Waals surface area contributed by atoms with E-state index in [1.807, 2.05) is 6.92 Å². The fraction of sp³-hybridized carbons (Fsp3) is 0.182. The Bertz CT molecular complexity index is 1190. The van der Waals surface area contributed by atoms with E-state index in [-0.39, 0.29) is 38.7 Å². The molecule has 0 amide bonds. The molecule has 0 radical (unpaired) electrons. The van der Waals surface area contributed by atoms with Crippen LogP contribution < -0.4 is 9.47 Å². The first-order valence-electron chi connectivity index (χ1n) is 9.15. The second-order valence-electron chi connectivity index (χ2n) is 6.60. The Morgan fingerprint density at radius 3 is 2.19 bits per heavy atom. The number of alkyl halides is 3. The number of hydrogen-bond donors (Lipinski definition) is 0. The van der Waals surface area contributed by atoms with Crippen LogP contribution in [0.3, 0.4) is 0 Å². The molecule has 0 heterocycles. The van der Waals surface area contributed by atoms with Crippen molar-refractivity contribution in [1.29, 1.82) is 0 Å². The fourth-order valence-corrected chi connectivity index (χ4v) is 4.37. The van der Waals surface area contributed by atoms with Crippen LogP contribution in [0.2, 0.25) is 5.02 Å². The van der Waals surface area contributed by atoms with Gasteiger partial charge < -0.3 is 9.47 Å². The van der Waals surface area contributed by atoms with Crippen LogP contribution in [0, 0.1) is 6.92 Å². The number of aryl methyl sites for hydroxylation is 1. The topological polar surface area (TPSA) is 52.6 Å². The Balaban J connectivity index is 1.96. The summed E-state index contributed by atoms with van der Waals surface area (Å²) in [5.74, 6) is 0.211. The summed E-state index contributed by atoms with van der Waals surface area (Å²) in [6.07, 6.45) is -4.53. The van der Waals surface area contributed by atoms with Gasteiger partial charge in [-0.1, -0.05) is 29.3 Å². The number of rotatable bonds is 6. The maximum atomic E-state index is 13.0. The van der Waals surface area contributed by atoms with E-state index in [1.165, 1.54) is 30.3 Å². The molecule has 31 heavy (non-hydrogen) atoms. The zero-order chi connectivity index (χ0) is 22.8. The van der Waals surface area contributed by atoms with Gasteiger partial charge in [-0.05, 0) is 56.3 Å². The lowest BCUT2D eigenvalue weighted by Crippen LogP contribution is -2.06. The second-order valence-corrected chi connectivity index (χ2v) is 8.93. The highest BCUT2D eigenvalue weighted by Gasteiger charge is 2.31. The quantitative estimate of drug-likeness (QED) is 0.402. The van der Waals surface area contributed by atoms with E-state index in [0.717, 1.165) is 23.8 Å². The summed E-state index contributed by atoms with van der Waals surface area (Å²) in [5.41, 5.74) is 0.0144. The van der Waals surface area contributed by atoms with E-state index in [2.05, 4.69) is 0 Å². The predicted octanol–water partition coefficient (Wildman–Crippen LogP) is 6.69. The number of halogens is 4. The number of sulfone groups is 1. The highest BCUT2D eigenvalue weighted by molar-refractivity contribution is 7.91. The maximum absolute atomic E-state index is 13.0. The van der Waals surface area contributed by atoms with Crippen LogP contribution in [-0.2, 0) is 16.0 Å². The molecular weight excluding hydrogens is 453 g/mol. The Labute approximate surface area is 183 Å². The molecule has 0 bridgehead atoms. The van der Waals surface area contributed by atoms with Gasteiger partial charge in [0.05, 0.1) is 22.1 Å². The monoisotopic (exact) mass is 470 g/mol. The average Bonchev–Trinajstić information content (AvgIpc) is 2.69. The van der Waals surface area contributed by atoms with Crippen molar-refractivity contribution >= 4 is 21.4 Å². The smallest absolute Gasteiger partial charge is 0.416 e. The molecule has 0 atom stereocenters. The van der Waals surface area contributed by atoms with E-state index in [4.69, 9.17) is 21.1 Å². The van der Waals surface area contributed by atoms with Crippen LogP contribution in [0.25, 0.3) is 0 Å². The zero-order valence-electron chi connectivity index (χ0n) is 16.5. The van der Waals surface area contributed by atoms with Crippen molar-refractivity contribution in [2.75, 3.05) is 6.61 Å². The summed E-state index contributed by atoms with van der Waals surface area (Å²) in [7, 11) is -3.86. The molecule has 0 fully saturated rings. The number of hydrogen-bond acceptors (Lipinski definition) is 4. The molecule has 3 rings (SSSR count). The summed E-state index contributed by atoms with van der Waals surface area (Å²) in [6, 6.07) is 13.2. The highest BCUT2D eigenvalue weighted by Crippen LogP contribution is 2.38. The van der Waals surface area contributed by atoms with Crippen molar-refractivity contribution in [2.24, 2.45) is 0 Å². The van der Waals surface area contributed by atoms with E-state index in [9.17, 15) is 21.6 Å². The van der Waals surface area contributed by atoms with Crippen molar-refractivity contribution < 1.29 is 31.1 Å². The van der Waals surface area contributed by atoms with Crippen molar-refractivity contribution in [3.8, 4) is 17.2 Å². The maximum Gasteiger partial charge on any atom is 0.416 e. The summed E-state index contributed by atoms with van der Waals surface area (Å²) < 4.78 is 75.6. The first-order valence-corrected chi connectivity index (χ1v) is 11.0. The Kier molecular flexibility index (Phi) is 6.52. The molecule has 164 valence electrons. The Hall–Kier alpha value is -2.71. The van der Waals surface area contributed by atoms with Crippen LogP contribution in [0.5, 0.6) is 17.2 Å². The van der Waals surface area contributed by atoms with E-state index < -0.39 is 21.6 Å². The third-order valence-corrected chi connectivity index (χ3v) is 6.43. The molecule has 0 aliphatic heterocycles.